The van der Waals surface area contributed by atoms with Gasteiger partial charge in [0.05, 0.1) is 6.54 Å². The van der Waals surface area contributed by atoms with E-state index < -0.39 is 0 Å². The van der Waals surface area contributed by atoms with Crippen molar-refractivity contribution in [1.29, 1.82) is 0 Å². The summed E-state index contributed by atoms with van der Waals surface area (Å²) >= 11 is 3.43. The normalized spacial score (nSPS) is 10.2. The topological polar surface area (TPSA) is 55.6 Å². The van der Waals surface area contributed by atoms with Crippen LogP contribution in [-0.4, -0.2) is 20.2 Å². The molecule has 1 N–H and O–H groups in total. The summed E-state index contributed by atoms with van der Waals surface area (Å²) in [5.74, 6) is 0.643. The first-order valence-corrected chi connectivity index (χ1v) is 5.94. The van der Waals surface area contributed by atoms with Gasteiger partial charge in [-0.15, -0.1) is 6.58 Å². The van der Waals surface area contributed by atoms with Crippen molar-refractivity contribution in [1.82, 2.24) is 20.2 Å². The molecule has 1 heterocycles. The van der Waals surface area contributed by atoms with E-state index in [-0.39, 0.29) is 0 Å². The maximum Gasteiger partial charge on any atom is 0.243 e. The minimum Gasteiger partial charge on any atom is -0.349 e. The van der Waals surface area contributed by atoms with E-state index in [0.717, 1.165) is 10.0 Å². The standard InChI is InChI=1S/C11H12BrN5/c1-2-6-17-11(14-15-16-17)13-8-9-4-3-5-10(12)7-9/h2-5,7H,1,6,8H2,(H,13,14,16). The number of hydrogen-bond donors (Lipinski definition) is 1. The van der Waals surface area contributed by atoms with Crippen LogP contribution in [0.5, 0.6) is 0 Å². The van der Waals surface area contributed by atoms with Crippen LogP contribution in [0.25, 0.3) is 0 Å². The first-order valence-electron chi connectivity index (χ1n) is 5.15. The third kappa shape index (κ3) is 3.13. The molecular weight excluding hydrogens is 282 g/mol. The second-order valence-corrected chi connectivity index (χ2v) is 4.37. The molecule has 0 aliphatic rings. The lowest BCUT2D eigenvalue weighted by Gasteiger charge is -2.05. The molecule has 1 aromatic carbocycles. The third-order valence-corrected chi connectivity index (χ3v) is 2.67. The van der Waals surface area contributed by atoms with Gasteiger partial charge < -0.3 is 5.32 Å². The highest BCUT2D eigenvalue weighted by Gasteiger charge is 2.03. The highest BCUT2D eigenvalue weighted by atomic mass is 79.9. The van der Waals surface area contributed by atoms with E-state index in [9.17, 15) is 0 Å². The van der Waals surface area contributed by atoms with Crippen molar-refractivity contribution in [2.75, 3.05) is 5.32 Å². The van der Waals surface area contributed by atoms with Crippen molar-refractivity contribution in [3.8, 4) is 0 Å². The molecule has 0 saturated heterocycles. The number of nitrogens with one attached hydrogen (secondary N) is 1. The highest BCUT2D eigenvalue weighted by molar-refractivity contribution is 9.10. The lowest BCUT2D eigenvalue weighted by Crippen LogP contribution is -2.08. The molecule has 0 aliphatic heterocycles. The third-order valence-electron chi connectivity index (χ3n) is 2.17. The number of hydrogen-bond acceptors (Lipinski definition) is 4. The molecule has 6 heteroatoms. The summed E-state index contributed by atoms with van der Waals surface area (Å²) in [5.41, 5.74) is 1.16. The lowest BCUT2D eigenvalue weighted by molar-refractivity contribution is 0.663. The second kappa shape index (κ2) is 5.58. The quantitative estimate of drug-likeness (QED) is 0.859. The minimum absolute atomic E-state index is 0.591. The van der Waals surface area contributed by atoms with Gasteiger partial charge >= 0.3 is 0 Å². The second-order valence-electron chi connectivity index (χ2n) is 3.46. The summed E-state index contributed by atoms with van der Waals surface area (Å²) in [6.07, 6.45) is 1.75. The summed E-state index contributed by atoms with van der Waals surface area (Å²) in [7, 11) is 0. The molecule has 1 aromatic heterocycles. The van der Waals surface area contributed by atoms with Crippen LogP contribution in [0.2, 0.25) is 0 Å². The lowest BCUT2D eigenvalue weighted by atomic mass is 10.2. The Morgan fingerprint density at radius 3 is 3.12 bits per heavy atom. The molecule has 2 aromatic rings. The number of allylic oxidation sites excluding steroid dienone is 1. The van der Waals surface area contributed by atoms with Crippen LogP contribution < -0.4 is 5.32 Å². The van der Waals surface area contributed by atoms with Crippen molar-refractivity contribution in [2.45, 2.75) is 13.1 Å². The van der Waals surface area contributed by atoms with E-state index in [0.29, 0.717) is 19.0 Å². The largest absolute Gasteiger partial charge is 0.349 e. The molecule has 0 aliphatic carbocycles. The van der Waals surface area contributed by atoms with Crippen LogP contribution in [0.4, 0.5) is 5.95 Å². The predicted molar refractivity (Wildman–Crippen MR) is 69.5 cm³/mol. The van der Waals surface area contributed by atoms with E-state index in [4.69, 9.17) is 0 Å². The van der Waals surface area contributed by atoms with Gasteiger partial charge in [0, 0.05) is 11.0 Å². The van der Waals surface area contributed by atoms with E-state index >= 15 is 0 Å². The van der Waals surface area contributed by atoms with Gasteiger partial charge in [-0.1, -0.05) is 39.2 Å². The number of nitrogens with zero attached hydrogens (tertiary/aromatic N) is 4. The van der Waals surface area contributed by atoms with E-state index in [1.807, 2.05) is 18.2 Å². The zero-order chi connectivity index (χ0) is 12.1. The van der Waals surface area contributed by atoms with Crippen molar-refractivity contribution in [3.63, 3.8) is 0 Å². The highest BCUT2D eigenvalue weighted by Crippen LogP contribution is 2.12. The van der Waals surface area contributed by atoms with Crippen LogP contribution in [0.15, 0.2) is 41.4 Å². The molecule has 0 bridgehead atoms. The molecule has 0 saturated carbocycles. The molecule has 2 rings (SSSR count). The summed E-state index contributed by atoms with van der Waals surface area (Å²) in [4.78, 5) is 0. The number of tetrazole rings is 1. The van der Waals surface area contributed by atoms with Crippen molar-refractivity contribution in [3.05, 3.63) is 47.0 Å². The van der Waals surface area contributed by atoms with Gasteiger partial charge in [-0.25, -0.2) is 4.68 Å². The average molecular weight is 294 g/mol. The molecular formula is C11H12BrN5. The fraction of sp³-hybridized carbons (Fsp3) is 0.182. The van der Waals surface area contributed by atoms with Crippen LogP contribution in [0, 0.1) is 0 Å². The summed E-state index contributed by atoms with van der Waals surface area (Å²) in [6.45, 7) is 4.92. The minimum atomic E-state index is 0.591. The summed E-state index contributed by atoms with van der Waals surface area (Å²) in [5, 5.41) is 14.5. The number of benzene rings is 1. The fourth-order valence-electron chi connectivity index (χ4n) is 1.40. The van der Waals surface area contributed by atoms with Gasteiger partial charge in [0.1, 0.15) is 0 Å². The number of anilines is 1. The smallest absolute Gasteiger partial charge is 0.243 e. The molecule has 88 valence electrons. The Kier molecular flexibility index (Phi) is 3.87. The number of aromatic nitrogens is 4. The van der Waals surface area contributed by atoms with Gasteiger partial charge in [0.25, 0.3) is 0 Å². The van der Waals surface area contributed by atoms with Gasteiger partial charge in [-0.3, -0.25) is 0 Å². The Bertz CT molecular complexity index is 508. The van der Waals surface area contributed by atoms with Gasteiger partial charge in [-0.05, 0) is 28.1 Å². The van der Waals surface area contributed by atoms with Crippen molar-refractivity contribution < 1.29 is 0 Å². The Balaban J connectivity index is 2.02. The van der Waals surface area contributed by atoms with E-state index in [2.05, 4.69) is 49.4 Å². The van der Waals surface area contributed by atoms with Crippen molar-refractivity contribution in [2.24, 2.45) is 0 Å². The van der Waals surface area contributed by atoms with Crippen LogP contribution in [0.1, 0.15) is 5.56 Å². The Hall–Kier alpha value is -1.69. The first-order chi connectivity index (χ1) is 8.29. The predicted octanol–water partition coefficient (Wildman–Crippen LogP) is 2.23. The molecule has 0 fully saturated rings. The van der Waals surface area contributed by atoms with Crippen LogP contribution >= 0.6 is 15.9 Å². The van der Waals surface area contributed by atoms with E-state index in [1.54, 1.807) is 10.8 Å². The maximum atomic E-state index is 3.90. The van der Waals surface area contributed by atoms with Gasteiger partial charge in [0.2, 0.25) is 5.95 Å². The Morgan fingerprint density at radius 2 is 2.35 bits per heavy atom. The molecule has 5 nitrogen and oxygen atoms in total. The molecule has 0 radical (unpaired) electrons. The van der Waals surface area contributed by atoms with Crippen molar-refractivity contribution >= 4 is 21.9 Å². The van der Waals surface area contributed by atoms with Crippen LogP contribution in [-0.2, 0) is 13.1 Å². The Morgan fingerprint density at radius 1 is 1.47 bits per heavy atom. The van der Waals surface area contributed by atoms with E-state index in [1.165, 1.54) is 0 Å². The average Bonchev–Trinajstić information content (AvgIpc) is 2.75. The van der Waals surface area contributed by atoms with Gasteiger partial charge in [0.15, 0.2) is 0 Å². The number of halogens is 1. The summed E-state index contributed by atoms with van der Waals surface area (Å²) < 4.78 is 2.72. The molecule has 17 heavy (non-hydrogen) atoms. The Labute approximate surface area is 108 Å². The maximum absolute atomic E-state index is 3.90. The number of rotatable bonds is 5. The summed E-state index contributed by atoms with van der Waals surface area (Å²) in [6, 6.07) is 8.08. The fourth-order valence-corrected chi connectivity index (χ4v) is 1.85. The first kappa shape index (κ1) is 11.8. The zero-order valence-electron chi connectivity index (χ0n) is 9.17. The SMILES string of the molecule is C=CCn1nnnc1NCc1cccc(Br)c1. The zero-order valence-corrected chi connectivity index (χ0v) is 10.8. The molecule has 0 unspecified atom stereocenters. The molecule has 0 atom stereocenters. The van der Waals surface area contributed by atoms with Gasteiger partial charge in [-0.2, -0.15) is 0 Å². The monoisotopic (exact) mass is 293 g/mol. The molecule has 0 spiro atoms. The molecule has 0 amide bonds. The van der Waals surface area contributed by atoms with Crippen LogP contribution in [0.3, 0.4) is 0 Å².